The molecule has 1 unspecified atom stereocenters. The molecular formula is C11H11N2O3-. The number of likely N-dealkylation sites (tertiary alicyclic amines) is 1. The second kappa shape index (κ2) is 4.30. The standard InChI is InChI=1S/C11H12N2O3/c14-10-5-4-9(11(15)16)13(10)7-8-3-1-2-6-12-8/h1-3,6,9H,4-5,7H2,(H,15,16)/p-1. The average molecular weight is 219 g/mol. The highest BCUT2D eigenvalue weighted by Gasteiger charge is 2.31. The molecule has 1 fully saturated rings. The van der Waals surface area contributed by atoms with Crippen molar-refractivity contribution in [3.05, 3.63) is 30.1 Å². The van der Waals surface area contributed by atoms with Crippen LogP contribution in [0.2, 0.25) is 0 Å². The van der Waals surface area contributed by atoms with Crippen LogP contribution in [0.4, 0.5) is 0 Å². The quantitative estimate of drug-likeness (QED) is 0.675. The van der Waals surface area contributed by atoms with Crippen molar-refractivity contribution in [3.8, 4) is 0 Å². The molecule has 0 radical (unpaired) electrons. The summed E-state index contributed by atoms with van der Waals surface area (Å²) >= 11 is 0. The Morgan fingerprint density at radius 1 is 1.56 bits per heavy atom. The smallest absolute Gasteiger partial charge is 0.223 e. The van der Waals surface area contributed by atoms with E-state index in [1.54, 1.807) is 24.4 Å². The Balaban J connectivity index is 2.13. The molecule has 84 valence electrons. The first kappa shape index (κ1) is 10.6. The first-order valence-electron chi connectivity index (χ1n) is 5.08. The summed E-state index contributed by atoms with van der Waals surface area (Å²) in [6.07, 6.45) is 2.21. The number of carbonyl (C=O) groups is 2. The number of carboxylic acids is 1. The summed E-state index contributed by atoms with van der Waals surface area (Å²) in [5.74, 6) is -1.35. The van der Waals surface area contributed by atoms with Crippen molar-refractivity contribution in [1.29, 1.82) is 0 Å². The molecule has 1 saturated heterocycles. The van der Waals surface area contributed by atoms with Crippen molar-refractivity contribution in [2.24, 2.45) is 0 Å². The van der Waals surface area contributed by atoms with E-state index in [2.05, 4.69) is 4.98 Å². The van der Waals surface area contributed by atoms with Gasteiger partial charge in [0.05, 0.1) is 24.2 Å². The van der Waals surface area contributed by atoms with E-state index in [1.165, 1.54) is 4.90 Å². The van der Waals surface area contributed by atoms with E-state index < -0.39 is 12.0 Å². The highest BCUT2D eigenvalue weighted by Crippen LogP contribution is 2.20. The molecule has 0 saturated carbocycles. The predicted molar refractivity (Wildman–Crippen MR) is 52.8 cm³/mol. The number of rotatable bonds is 3. The molecule has 1 atom stereocenters. The molecule has 5 nitrogen and oxygen atoms in total. The molecule has 16 heavy (non-hydrogen) atoms. The molecule has 1 aliphatic heterocycles. The molecule has 5 heteroatoms. The third-order valence-electron chi connectivity index (χ3n) is 2.66. The average Bonchev–Trinajstić information content (AvgIpc) is 2.62. The van der Waals surface area contributed by atoms with E-state index in [0.717, 1.165) is 0 Å². The normalized spacial score (nSPS) is 20.1. The van der Waals surface area contributed by atoms with Crippen LogP contribution in [0, 0.1) is 0 Å². The number of amides is 1. The Hall–Kier alpha value is -1.91. The van der Waals surface area contributed by atoms with Crippen LogP contribution < -0.4 is 5.11 Å². The monoisotopic (exact) mass is 219 g/mol. The summed E-state index contributed by atoms with van der Waals surface area (Å²) in [6, 6.07) is 4.52. The van der Waals surface area contributed by atoms with Crippen LogP contribution in [0.1, 0.15) is 18.5 Å². The molecule has 2 rings (SSSR count). The molecule has 0 N–H and O–H groups in total. The fourth-order valence-corrected chi connectivity index (χ4v) is 1.84. The lowest BCUT2D eigenvalue weighted by Crippen LogP contribution is -2.45. The van der Waals surface area contributed by atoms with Crippen molar-refractivity contribution in [2.75, 3.05) is 0 Å². The summed E-state index contributed by atoms with van der Waals surface area (Å²) in [4.78, 5) is 27.7. The molecule has 0 aromatic carbocycles. The first-order valence-corrected chi connectivity index (χ1v) is 5.08. The molecule has 1 amide bonds. The minimum absolute atomic E-state index is 0.153. The lowest BCUT2D eigenvalue weighted by Gasteiger charge is -2.24. The summed E-state index contributed by atoms with van der Waals surface area (Å²) in [6.45, 7) is 0.234. The van der Waals surface area contributed by atoms with E-state index in [1.807, 2.05) is 0 Å². The van der Waals surface area contributed by atoms with Gasteiger partial charge in [0.2, 0.25) is 5.91 Å². The van der Waals surface area contributed by atoms with Gasteiger partial charge < -0.3 is 14.8 Å². The van der Waals surface area contributed by atoms with Crippen LogP contribution in [0.25, 0.3) is 0 Å². The molecule has 0 spiro atoms. The second-order valence-corrected chi connectivity index (χ2v) is 3.72. The van der Waals surface area contributed by atoms with Crippen molar-refractivity contribution in [1.82, 2.24) is 9.88 Å². The lowest BCUT2D eigenvalue weighted by molar-refractivity contribution is -0.310. The zero-order valence-electron chi connectivity index (χ0n) is 8.63. The van der Waals surface area contributed by atoms with Crippen LogP contribution in [0.15, 0.2) is 24.4 Å². The number of carbonyl (C=O) groups excluding carboxylic acids is 2. The number of pyridine rings is 1. The van der Waals surface area contributed by atoms with Crippen LogP contribution >= 0.6 is 0 Å². The van der Waals surface area contributed by atoms with Crippen LogP contribution in [-0.4, -0.2) is 27.8 Å². The van der Waals surface area contributed by atoms with E-state index in [-0.39, 0.29) is 18.9 Å². The molecular weight excluding hydrogens is 208 g/mol. The molecule has 1 aromatic heterocycles. The highest BCUT2D eigenvalue weighted by atomic mass is 16.4. The maximum absolute atomic E-state index is 11.5. The van der Waals surface area contributed by atoms with Gasteiger partial charge in [-0.3, -0.25) is 9.78 Å². The number of hydrogen-bond acceptors (Lipinski definition) is 4. The zero-order chi connectivity index (χ0) is 11.5. The molecule has 1 aliphatic rings. The predicted octanol–water partition coefficient (Wildman–Crippen LogP) is -0.677. The van der Waals surface area contributed by atoms with Gasteiger partial charge in [-0.2, -0.15) is 0 Å². The number of nitrogens with zero attached hydrogens (tertiary/aromatic N) is 2. The van der Waals surface area contributed by atoms with Gasteiger partial charge in [-0.25, -0.2) is 0 Å². The Bertz CT molecular complexity index is 405. The lowest BCUT2D eigenvalue weighted by atomic mass is 10.2. The number of aromatic nitrogens is 1. The summed E-state index contributed by atoms with van der Waals surface area (Å²) in [5.41, 5.74) is 0.684. The molecule has 1 aromatic rings. The Morgan fingerprint density at radius 3 is 3.00 bits per heavy atom. The SMILES string of the molecule is O=C([O-])C1CCC(=O)N1Cc1ccccn1. The third kappa shape index (κ3) is 2.03. The van der Waals surface area contributed by atoms with E-state index in [0.29, 0.717) is 12.1 Å². The fourth-order valence-electron chi connectivity index (χ4n) is 1.84. The van der Waals surface area contributed by atoms with Gasteiger partial charge in [0.1, 0.15) is 0 Å². The van der Waals surface area contributed by atoms with Crippen molar-refractivity contribution in [2.45, 2.75) is 25.4 Å². The summed E-state index contributed by atoms with van der Waals surface area (Å²) in [7, 11) is 0. The second-order valence-electron chi connectivity index (χ2n) is 3.72. The van der Waals surface area contributed by atoms with Crippen molar-refractivity contribution < 1.29 is 14.7 Å². The van der Waals surface area contributed by atoms with Crippen LogP contribution in [0.5, 0.6) is 0 Å². The largest absolute Gasteiger partial charge is 0.548 e. The van der Waals surface area contributed by atoms with Gasteiger partial charge in [-0.1, -0.05) is 6.07 Å². The maximum atomic E-state index is 11.5. The Labute approximate surface area is 92.7 Å². The van der Waals surface area contributed by atoms with Gasteiger partial charge in [-0.15, -0.1) is 0 Å². The van der Waals surface area contributed by atoms with Crippen LogP contribution in [0.3, 0.4) is 0 Å². The third-order valence-corrected chi connectivity index (χ3v) is 2.66. The number of carboxylic acid groups (broad SMARTS) is 1. The number of aliphatic carboxylic acids is 1. The highest BCUT2D eigenvalue weighted by molar-refractivity contribution is 5.86. The van der Waals surface area contributed by atoms with Gasteiger partial charge >= 0.3 is 0 Å². The van der Waals surface area contributed by atoms with Gasteiger partial charge in [0.15, 0.2) is 0 Å². The van der Waals surface area contributed by atoms with Gasteiger partial charge in [-0.05, 0) is 18.6 Å². The van der Waals surface area contributed by atoms with Crippen LogP contribution in [-0.2, 0) is 16.1 Å². The minimum Gasteiger partial charge on any atom is -0.548 e. The fraction of sp³-hybridized carbons (Fsp3) is 0.364. The van der Waals surface area contributed by atoms with Gasteiger partial charge in [0.25, 0.3) is 0 Å². The van der Waals surface area contributed by atoms with E-state index in [4.69, 9.17) is 0 Å². The Kier molecular flexibility index (Phi) is 2.85. The van der Waals surface area contributed by atoms with E-state index in [9.17, 15) is 14.7 Å². The number of hydrogen-bond donors (Lipinski definition) is 0. The van der Waals surface area contributed by atoms with Gasteiger partial charge in [0, 0.05) is 12.6 Å². The van der Waals surface area contributed by atoms with Crippen molar-refractivity contribution in [3.63, 3.8) is 0 Å². The molecule has 2 heterocycles. The topological polar surface area (TPSA) is 73.3 Å². The Morgan fingerprint density at radius 2 is 2.38 bits per heavy atom. The van der Waals surface area contributed by atoms with E-state index >= 15 is 0 Å². The minimum atomic E-state index is -1.19. The maximum Gasteiger partial charge on any atom is 0.223 e. The summed E-state index contributed by atoms with van der Waals surface area (Å²) < 4.78 is 0. The molecule has 0 bridgehead atoms. The zero-order valence-corrected chi connectivity index (χ0v) is 8.63. The first-order chi connectivity index (χ1) is 7.68. The van der Waals surface area contributed by atoms with Crippen molar-refractivity contribution >= 4 is 11.9 Å². The molecule has 0 aliphatic carbocycles. The summed E-state index contributed by atoms with van der Waals surface area (Å²) in [5, 5.41) is 10.8.